The van der Waals surface area contributed by atoms with Gasteiger partial charge in [0.2, 0.25) is 5.69 Å². The molecule has 2 aromatic rings. The fraction of sp³-hybridized carbons (Fsp3) is 0.286. The van der Waals surface area contributed by atoms with Crippen molar-refractivity contribution in [3.05, 3.63) is 51.8 Å². The Morgan fingerprint density at radius 3 is 2.77 bits per heavy atom. The first-order valence-electron chi connectivity index (χ1n) is 6.68. The van der Waals surface area contributed by atoms with Crippen LogP contribution in [-0.4, -0.2) is 33.7 Å². The number of carbonyl (C=O) groups is 1. The number of aromatic nitrogens is 2. The Hall–Kier alpha value is -2.90. The second-order valence-electron chi connectivity index (χ2n) is 4.75. The third kappa shape index (κ3) is 3.60. The van der Waals surface area contributed by atoms with Gasteiger partial charge in [0.15, 0.2) is 0 Å². The number of nitrogens with zero attached hydrogens (tertiary/aromatic N) is 2. The van der Waals surface area contributed by atoms with E-state index in [1.54, 1.807) is 19.1 Å². The second-order valence-corrected chi connectivity index (χ2v) is 4.75. The standard InChI is InChI=1S/C14H16N4O4/c1-9(22-11-6-4-3-5-7-11)8-15-14(19)12-13(18(20)21)10(2)16-17-12/h3-7,9H,8H2,1-2H3,(H,15,19)(H,16,17). The number of hydrogen-bond donors (Lipinski definition) is 2. The Labute approximate surface area is 126 Å². The van der Waals surface area contributed by atoms with Crippen LogP contribution in [0.5, 0.6) is 5.75 Å². The van der Waals surface area contributed by atoms with Gasteiger partial charge in [-0.15, -0.1) is 0 Å². The average molecular weight is 304 g/mol. The van der Waals surface area contributed by atoms with Crippen LogP contribution in [0.4, 0.5) is 5.69 Å². The molecule has 0 spiro atoms. The maximum atomic E-state index is 12.0. The van der Waals surface area contributed by atoms with Gasteiger partial charge in [-0.25, -0.2) is 0 Å². The molecule has 22 heavy (non-hydrogen) atoms. The molecule has 1 unspecified atom stereocenters. The first kappa shape index (κ1) is 15.5. The molecular formula is C14H16N4O4. The fourth-order valence-corrected chi connectivity index (χ4v) is 1.90. The van der Waals surface area contributed by atoms with Crippen molar-refractivity contribution in [2.75, 3.05) is 6.54 Å². The Bertz CT molecular complexity index is 669. The summed E-state index contributed by atoms with van der Waals surface area (Å²) in [6.07, 6.45) is -0.287. The van der Waals surface area contributed by atoms with Crippen molar-refractivity contribution in [3.63, 3.8) is 0 Å². The van der Waals surface area contributed by atoms with Crippen LogP contribution >= 0.6 is 0 Å². The molecule has 0 aliphatic heterocycles. The molecule has 1 amide bonds. The minimum absolute atomic E-state index is 0.205. The maximum Gasteiger partial charge on any atom is 0.322 e. The van der Waals surface area contributed by atoms with Crippen LogP contribution in [0.15, 0.2) is 30.3 Å². The van der Waals surface area contributed by atoms with Crippen LogP contribution in [0.2, 0.25) is 0 Å². The predicted octanol–water partition coefficient (Wildman–Crippen LogP) is 1.82. The van der Waals surface area contributed by atoms with Crippen LogP contribution in [0.1, 0.15) is 23.1 Å². The lowest BCUT2D eigenvalue weighted by Crippen LogP contribution is -2.34. The molecule has 0 aliphatic rings. The summed E-state index contributed by atoms with van der Waals surface area (Å²) in [4.78, 5) is 22.3. The molecule has 1 atom stereocenters. The zero-order valence-corrected chi connectivity index (χ0v) is 12.2. The number of carbonyl (C=O) groups excluding carboxylic acids is 1. The highest BCUT2D eigenvalue weighted by Crippen LogP contribution is 2.19. The van der Waals surface area contributed by atoms with Gasteiger partial charge in [0.1, 0.15) is 17.5 Å². The molecule has 8 heteroatoms. The van der Waals surface area contributed by atoms with Crippen LogP contribution in [0.3, 0.4) is 0 Å². The van der Waals surface area contributed by atoms with Gasteiger partial charge in [-0.05, 0) is 26.0 Å². The van der Waals surface area contributed by atoms with Gasteiger partial charge in [-0.2, -0.15) is 5.10 Å². The topological polar surface area (TPSA) is 110 Å². The Morgan fingerprint density at radius 1 is 1.45 bits per heavy atom. The van der Waals surface area contributed by atoms with Crippen molar-refractivity contribution in [2.45, 2.75) is 20.0 Å². The van der Waals surface area contributed by atoms with Crippen molar-refractivity contribution < 1.29 is 14.5 Å². The van der Waals surface area contributed by atoms with Crippen molar-refractivity contribution in [1.82, 2.24) is 15.5 Å². The molecule has 0 radical (unpaired) electrons. The number of hydrogen-bond acceptors (Lipinski definition) is 5. The fourth-order valence-electron chi connectivity index (χ4n) is 1.90. The van der Waals surface area contributed by atoms with E-state index in [1.165, 1.54) is 6.92 Å². The third-order valence-electron chi connectivity index (χ3n) is 2.94. The summed E-state index contributed by atoms with van der Waals surface area (Å²) in [6.45, 7) is 3.48. The van der Waals surface area contributed by atoms with Crippen LogP contribution in [-0.2, 0) is 0 Å². The van der Waals surface area contributed by atoms with Gasteiger partial charge in [-0.3, -0.25) is 20.0 Å². The van der Waals surface area contributed by atoms with E-state index >= 15 is 0 Å². The number of nitrogens with one attached hydrogen (secondary N) is 2. The molecular weight excluding hydrogens is 288 g/mol. The van der Waals surface area contributed by atoms with E-state index in [9.17, 15) is 14.9 Å². The largest absolute Gasteiger partial charge is 0.489 e. The van der Waals surface area contributed by atoms with Gasteiger partial charge in [-0.1, -0.05) is 18.2 Å². The van der Waals surface area contributed by atoms with Crippen LogP contribution in [0.25, 0.3) is 0 Å². The molecule has 1 heterocycles. The van der Waals surface area contributed by atoms with E-state index in [2.05, 4.69) is 15.5 Å². The molecule has 1 aromatic heterocycles. The predicted molar refractivity (Wildman–Crippen MR) is 78.8 cm³/mol. The van der Waals surface area contributed by atoms with E-state index in [1.807, 2.05) is 18.2 Å². The SMILES string of the molecule is Cc1[nH]nc(C(=O)NCC(C)Oc2ccccc2)c1[N+](=O)[O-]. The van der Waals surface area contributed by atoms with Crippen LogP contribution in [0, 0.1) is 17.0 Å². The van der Waals surface area contributed by atoms with Gasteiger partial charge in [0.05, 0.1) is 11.5 Å². The lowest BCUT2D eigenvalue weighted by molar-refractivity contribution is -0.385. The summed E-state index contributed by atoms with van der Waals surface area (Å²) in [7, 11) is 0. The van der Waals surface area contributed by atoms with Gasteiger partial charge in [0, 0.05) is 0 Å². The van der Waals surface area contributed by atoms with E-state index in [4.69, 9.17) is 4.74 Å². The summed E-state index contributed by atoms with van der Waals surface area (Å²) in [5, 5.41) is 19.6. The highest BCUT2D eigenvalue weighted by molar-refractivity contribution is 5.96. The summed E-state index contributed by atoms with van der Waals surface area (Å²) >= 11 is 0. The number of amides is 1. The molecule has 1 aromatic carbocycles. The molecule has 8 nitrogen and oxygen atoms in total. The molecule has 116 valence electrons. The van der Waals surface area contributed by atoms with E-state index in [-0.39, 0.29) is 29.7 Å². The molecule has 0 aliphatic carbocycles. The van der Waals surface area contributed by atoms with Crippen molar-refractivity contribution in [2.24, 2.45) is 0 Å². The van der Waals surface area contributed by atoms with E-state index in [0.29, 0.717) is 5.75 Å². The number of para-hydroxylation sites is 1. The van der Waals surface area contributed by atoms with E-state index in [0.717, 1.165) is 0 Å². The molecule has 0 fully saturated rings. The first-order chi connectivity index (χ1) is 10.5. The number of ether oxygens (including phenoxy) is 1. The molecule has 2 rings (SSSR count). The Morgan fingerprint density at radius 2 is 2.14 bits per heavy atom. The lowest BCUT2D eigenvalue weighted by Gasteiger charge is -2.14. The van der Waals surface area contributed by atoms with Gasteiger partial charge < -0.3 is 10.1 Å². The zero-order chi connectivity index (χ0) is 16.1. The number of rotatable bonds is 6. The van der Waals surface area contributed by atoms with Crippen LogP contribution < -0.4 is 10.1 Å². The smallest absolute Gasteiger partial charge is 0.322 e. The number of H-pyrrole nitrogens is 1. The summed E-state index contributed by atoms with van der Waals surface area (Å²) in [5.74, 6) is 0.0744. The summed E-state index contributed by atoms with van der Waals surface area (Å²) < 4.78 is 5.61. The maximum absolute atomic E-state index is 12.0. The van der Waals surface area contributed by atoms with E-state index < -0.39 is 10.8 Å². The van der Waals surface area contributed by atoms with Gasteiger partial charge >= 0.3 is 5.69 Å². The number of aryl methyl sites for hydroxylation is 1. The minimum atomic E-state index is -0.627. The second kappa shape index (κ2) is 6.70. The monoisotopic (exact) mass is 304 g/mol. The quantitative estimate of drug-likeness (QED) is 0.625. The Kier molecular flexibility index (Phi) is 4.72. The Balaban J connectivity index is 1.94. The highest BCUT2D eigenvalue weighted by Gasteiger charge is 2.27. The number of benzene rings is 1. The molecule has 0 bridgehead atoms. The van der Waals surface area contributed by atoms with Crippen molar-refractivity contribution in [3.8, 4) is 5.75 Å². The summed E-state index contributed by atoms with van der Waals surface area (Å²) in [6, 6.07) is 9.17. The van der Waals surface area contributed by atoms with Gasteiger partial charge in [0.25, 0.3) is 5.91 Å². The molecule has 0 saturated heterocycles. The number of nitro groups is 1. The van der Waals surface area contributed by atoms with Crippen molar-refractivity contribution in [1.29, 1.82) is 0 Å². The first-order valence-corrected chi connectivity index (χ1v) is 6.68. The number of aromatic amines is 1. The molecule has 0 saturated carbocycles. The average Bonchev–Trinajstić information content (AvgIpc) is 2.88. The lowest BCUT2D eigenvalue weighted by atomic mass is 10.3. The summed E-state index contributed by atoms with van der Waals surface area (Å²) in [5.41, 5.74) is -0.299. The highest BCUT2D eigenvalue weighted by atomic mass is 16.6. The minimum Gasteiger partial charge on any atom is -0.489 e. The normalized spacial score (nSPS) is 11.7. The third-order valence-corrected chi connectivity index (χ3v) is 2.94. The van der Waals surface area contributed by atoms with Crippen molar-refractivity contribution >= 4 is 11.6 Å². The zero-order valence-electron chi connectivity index (χ0n) is 12.2. The molecule has 2 N–H and O–H groups in total.